The third kappa shape index (κ3) is 2.66. The van der Waals surface area contributed by atoms with Crippen LogP contribution in [0.4, 0.5) is 8.78 Å². The standard InChI is InChI=1S/C16H21F2N/c1-10(7-13-14(17)3-2-4-15(13)18)19-16-9-11-5-6-12(16)8-11/h2-4,10-12,16,19H,5-9H2,1H3. The highest BCUT2D eigenvalue weighted by molar-refractivity contribution is 5.20. The van der Waals surface area contributed by atoms with E-state index in [9.17, 15) is 8.78 Å². The van der Waals surface area contributed by atoms with Crippen LogP contribution in [-0.2, 0) is 6.42 Å². The largest absolute Gasteiger partial charge is 0.311 e. The molecule has 1 nitrogen and oxygen atoms in total. The molecule has 0 aliphatic heterocycles. The molecule has 0 amide bonds. The molecule has 2 bridgehead atoms. The van der Waals surface area contributed by atoms with E-state index in [2.05, 4.69) is 5.32 Å². The number of halogens is 2. The Morgan fingerprint density at radius 3 is 2.53 bits per heavy atom. The smallest absolute Gasteiger partial charge is 0.129 e. The molecule has 0 heterocycles. The van der Waals surface area contributed by atoms with Crippen molar-refractivity contribution in [2.75, 3.05) is 0 Å². The zero-order chi connectivity index (χ0) is 13.4. The van der Waals surface area contributed by atoms with E-state index in [0.29, 0.717) is 12.5 Å². The predicted molar refractivity (Wildman–Crippen MR) is 71.9 cm³/mol. The number of benzene rings is 1. The minimum Gasteiger partial charge on any atom is -0.311 e. The van der Waals surface area contributed by atoms with Crippen LogP contribution in [0.3, 0.4) is 0 Å². The summed E-state index contributed by atoms with van der Waals surface area (Å²) in [6.45, 7) is 2.03. The van der Waals surface area contributed by atoms with Crippen molar-refractivity contribution in [1.29, 1.82) is 0 Å². The monoisotopic (exact) mass is 265 g/mol. The molecule has 0 radical (unpaired) electrons. The van der Waals surface area contributed by atoms with Crippen molar-refractivity contribution in [3.8, 4) is 0 Å². The predicted octanol–water partition coefficient (Wildman–Crippen LogP) is 3.67. The van der Waals surface area contributed by atoms with Gasteiger partial charge in [-0.05, 0) is 56.6 Å². The molecule has 19 heavy (non-hydrogen) atoms. The molecule has 3 heteroatoms. The van der Waals surface area contributed by atoms with Gasteiger partial charge in [0.2, 0.25) is 0 Å². The molecule has 2 aliphatic rings. The summed E-state index contributed by atoms with van der Waals surface area (Å²) in [5.41, 5.74) is 0.214. The van der Waals surface area contributed by atoms with E-state index >= 15 is 0 Å². The molecule has 104 valence electrons. The average molecular weight is 265 g/mol. The van der Waals surface area contributed by atoms with E-state index in [0.717, 1.165) is 11.8 Å². The Morgan fingerprint density at radius 2 is 1.95 bits per heavy atom. The highest BCUT2D eigenvalue weighted by Crippen LogP contribution is 2.44. The maximum Gasteiger partial charge on any atom is 0.129 e. The fraction of sp³-hybridized carbons (Fsp3) is 0.625. The number of hydrogen-bond donors (Lipinski definition) is 1. The van der Waals surface area contributed by atoms with Crippen molar-refractivity contribution in [3.63, 3.8) is 0 Å². The number of fused-ring (bicyclic) bond motifs is 2. The summed E-state index contributed by atoms with van der Waals surface area (Å²) < 4.78 is 27.2. The third-order valence-electron chi connectivity index (χ3n) is 4.81. The van der Waals surface area contributed by atoms with Crippen molar-refractivity contribution < 1.29 is 8.78 Å². The van der Waals surface area contributed by atoms with Gasteiger partial charge in [0.25, 0.3) is 0 Å². The van der Waals surface area contributed by atoms with Gasteiger partial charge in [0.1, 0.15) is 11.6 Å². The molecule has 2 aliphatic carbocycles. The molecule has 1 aromatic rings. The van der Waals surface area contributed by atoms with E-state index in [1.807, 2.05) is 6.92 Å². The van der Waals surface area contributed by atoms with Crippen molar-refractivity contribution in [3.05, 3.63) is 35.4 Å². The van der Waals surface area contributed by atoms with Gasteiger partial charge in [0.05, 0.1) is 0 Å². The van der Waals surface area contributed by atoms with Crippen LogP contribution in [0.25, 0.3) is 0 Å². The molecular formula is C16H21F2N. The summed E-state index contributed by atoms with van der Waals surface area (Å²) in [5, 5.41) is 3.58. The molecule has 1 N–H and O–H groups in total. The Morgan fingerprint density at radius 1 is 1.21 bits per heavy atom. The molecular weight excluding hydrogens is 244 g/mol. The zero-order valence-electron chi connectivity index (χ0n) is 11.3. The zero-order valence-corrected chi connectivity index (χ0v) is 11.3. The lowest BCUT2D eigenvalue weighted by Gasteiger charge is -2.27. The Hall–Kier alpha value is -0.960. The number of hydrogen-bond acceptors (Lipinski definition) is 1. The molecule has 4 unspecified atom stereocenters. The normalized spacial score (nSPS) is 30.8. The van der Waals surface area contributed by atoms with Crippen LogP contribution in [0.5, 0.6) is 0 Å². The minimum atomic E-state index is -0.429. The molecule has 4 atom stereocenters. The van der Waals surface area contributed by atoms with Gasteiger partial charge in [-0.2, -0.15) is 0 Å². The molecule has 2 fully saturated rings. The van der Waals surface area contributed by atoms with Crippen molar-refractivity contribution in [2.45, 2.75) is 51.1 Å². The third-order valence-corrected chi connectivity index (χ3v) is 4.81. The highest BCUT2D eigenvalue weighted by atomic mass is 19.1. The van der Waals surface area contributed by atoms with Crippen LogP contribution in [-0.4, -0.2) is 12.1 Å². The second-order valence-corrected chi connectivity index (χ2v) is 6.25. The van der Waals surface area contributed by atoms with E-state index in [1.54, 1.807) is 0 Å². The SMILES string of the molecule is CC(Cc1c(F)cccc1F)NC1CC2CCC1C2. The summed E-state index contributed by atoms with van der Waals surface area (Å²) in [7, 11) is 0. The first-order chi connectivity index (χ1) is 9.13. The van der Waals surface area contributed by atoms with Gasteiger partial charge < -0.3 is 5.32 Å². The lowest BCUT2D eigenvalue weighted by Crippen LogP contribution is -2.41. The summed E-state index contributed by atoms with van der Waals surface area (Å²) in [6.07, 6.45) is 5.71. The first kappa shape index (κ1) is 13.0. The second-order valence-electron chi connectivity index (χ2n) is 6.25. The van der Waals surface area contributed by atoms with Gasteiger partial charge >= 0.3 is 0 Å². The van der Waals surface area contributed by atoms with Gasteiger partial charge in [-0.25, -0.2) is 8.78 Å². The van der Waals surface area contributed by atoms with Crippen molar-refractivity contribution in [2.24, 2.45) is 11.8 Å². The van der Waals surface area contributed by atoms with Crippen molar-refractivity contribution >= 4 is 0 Å². The average Bonchev–Trinajstić information content (AvgIpc) is 2.96. The summed E-state index contributed by atoms with van der Waals surface area (Å²) in [4.78, 5) is 0. The highest BCUT2D eigenvalue weighted by Gasteiger charge is 2.39. The van der Waals surface area contributed by atoms with Gasteiger partial charge in [-0.1, -0.05) is 12.5 Å². The van der Waals surface area contributed by atoms with Gasteiger partial charge in [0.15, 0.2) is 0 Å². The Kier molecular flexibility index (Phi) is 3.57. The molecule has 1 aromatic carbocycles. The molecule has 0 aromatic heterocycles. The van der Waals surface area contributed by atoms with Gasteiger partial charge in [-0.3, -0.25) is 0 Å². The molecule has 2 saturated carbocycles. The van der Waals surface area contributed by atoms with E-state index in [-0.39, 0.29) is 11.6 Å². The fourth-order valence-electron chi connectivity index (χ4n) is 3.91. The first-order valence-corrected chi connectivity index (χ1v) is 7.32. The quantitative estimate of drug-likeness (QED) is 0.875. The van der Waals surface area contributed by atoms with Crippen LogP contribution in [0, 0.1) is 23.5 Å². The Labute approximate surface area is 113 Å². The minimum absolute atomic E-state index is 0.121. The van der Waals surface area contributed by atoms with E-state index in [1.165, 1.54) is 43.9 Å². The van der Waals surface area contributed by atoms with Crippen molar-refractivity contribution in [1.82, 2.24) is 5.32 Å². The molecule has 0 saturated heterocycles. The maximum atomic E-state index is 13.6. The van der Waals surface area contributed by atoms with Crippen LogP contribution < -0.4 is 5.32 Å². The second kappa shape index (κ2) is 5.20. The first-order valence-electron chi connectivity index (χ1n) is 7.32. The summed E-state index contributed by atoms with van der Waals surface area (Å²) in [6, 6.07) is 4.77. The lowest BCUT2D eigenvalue weighted by molar-refractivity contribution is 0.321. The number of nitrogens with one attached hydrogen (secondary N) is 1. The number of rotatable bonds is 4. The fourth-order valence-corrected chi connectivity index (χ4v) is 3.91. The topological polar surface area (TPSA) is 12.0 Å². The van der Waals surface area contributed by atoms with Gasteiger partial charge in [0, 0.05) is 17.6 Å². The van der Waals surface area contributed by atoms with E-state index in [4.69, 9.17) is 0 Å². The molecule has 0 spiro atoms. The maximum absolute atomic E-state index is 13.6. The van der Waals surface area contributed by atoms with E-state index < -0.39 is 11.6 Å². The lowest BCUT2D eigenvalue weighted by atomic mass is 9.94. The Bertz CT molecular complexity index is 440. The van der Waals surface area contributed by atoms with Crippen LogP contribution in [0.2, 0.25) is 0 Å². The van der Waals surface area contributed by atoms with Gasteiger partial charge in [-0.15, -0.1) is 0 Å². The van der Waals surface area contributed by atoms with Crippen LogP contribution in [0.15, 0.2) is 18.2 Å². The summed E-state index contributed by atoms with van der Waals surface area (Å²) >= 11 is 0. The molecule has 3 rings (SSSR count). The van der Waals surface area contributed by atoms with Crippen LogP contribution >= 0.6 is 0 Å². The van der Waals surface area contributed by atoms with Crippen LogP contribution in [0.1, 0.15) is 38.2 Å². The Balaban J connectivity index is 1.61. The summed E-state index contributed by atoms with van der Waals surface area (Å²) in [5.74, 6) is 0.820.